The number of hydrogen-bond acceptors (Lipinski definition) is 7. The van der Waals surface area contributed by atoms with Crippen LogP contribution in [-0.2, 0) is 10.0 Å². The van der Waals surface area contributed by atoms with E-state index >= 15 is 0 Å². The van der Waals surface area contributed by atoms with Gasteiger partial charge >= 0.3 is 0 Å². The Bertz CT molecular complexity index is 1220. The average molecular weight is 466 g/mol. The molecular formula is C24H27N5O3S. The van der Waals surface area contributed by atoms with Crippen molar-refractivity contribution in [1.29, 1.82) is 5.26 Å². The number of oxazole rings is 1. The zero-order valence-electron chi connectivity index (χ0n) is 18.8. The molecule has 1 aliphatic rings. The Hall–Kier alpha value is -3.35. The zero-order valence-corrected chi connectivity index (χ0v) is 19.6. The van der Waals surface area contributed by atoms with Gasteiger partial charge in [-0.25, -0.2) is 8.42 Å². The number of nitriles is 1. The highest BCUT2D eigenvalue weighted by Crippen LogP contribution is 2.30. The SMILES string of the molecule is CCN(CC)S(=O)(=O)c1ccc(-c2nc(C#N)c(N3CCN(c4ccccc4)CC3)o2)cc1. The van der Waals surface area contributed by atoms with Crippen LogP contribution in [0, 0.1) is 11.3 Å². The summed E-state index contributed by atoms with van der Waals surface area (Å²) in [5.74, 6) is 0.763. The van der Waals surface area contributed by atoms with Crippen molar-refractivity contribution in [2.75, 3.05) is 49.1 Å². The van der Waals surface area contributed by atoms with Gasteiger partial charge in [0, 0.05) is 50.5 Å². The molecule has 0 N–H and O–H groups in total. The molecule has 33 heavy (non-hydrogen) atoms. The molecule has 1 fully saturated rings. The van der Waals surface area contributed by atoms with E-state index in [9.17, 15) is 13.7 Å². The molecule has 0 bridgehead atoms. The van der Waals surface area contributed by atoms with Gasteiger partial charge in [0.15, 0.2) is 0 Å². The lowest BCUT2D eigenvalue weighted by Crippen LogP contribution is -2.46. The molecule has 8 nitrogen and oxygen atoms in total. The van der Waals surface area contributed by atoms with Gasteiger partial charge < -0.3 is 14.2 Å². The first-order valence-electron chi connectivity index (χ1n) is 11.0. The highest BCUT2D eigenvalue weighted by molar-refractivity contribution is 7.89. The maximum Gasteiger partial charge on any atom is 0.243 e. The van der Waals surface area contributed by atoms with E-state index in [-0.39, 0.29) is 10.6 Å². The van der Waals surface area contributed by atoms with Crippen LogP contribution in [0.3, 0.4) is 0 Å². The van der Waals surface area contributed by atoms with Crippen LogP contribution in [0.5, 0.6) is 0 Å². The second-order valence-corrected chi connectivity index (χ2v) is 9.65. The van der Waals surface area contributed by atoms with E-state index in [4.69, 9.17) is 4.42 Å². The summed E-state index contributed by atoms with van der Waals surface area (Å²) in [5, 5.41) is 9.61. The number of nitrogens with zero attached hydrogens (tertiary/aromatic N) is 5. The third-order valence-corrected chi connectivity index (χ3v) is 7.91. The lowest BCUT2D eigenvalue weighted by atomic mass is 10.2. The Morgan fingerprint density at radius 3 is 2.15 bits per heavy atom. The van der Waals surface area contributed by atoms with Crippen LogP contribution < -0.4 is 9.80 Å². The average Bonchev–Trinajstić information content (AvgIpc) is 3.30. The monoisotopic (exact) mass is 465 g/mol. The molecule has 2 aromatic carbocycles. The Morgan fingerprint density at radius 2 is 1.58 bits per heavy atom. The van der Waals surface area contributed by atoms with Gasteiger partial charge in [-0.2, -0.15) is 14.6 Å². The van der Waals surface area contributed by atoms with Gasteiger partial charge in [0.2, 0.25) is 27.5 Å². The number of hydrogen-bond donors (Lipinski definition) is 0. The van der Waals surface area contributed by atoms with Crippen molar-refractivity contribution in [3.05, 3.63) is 60.3 Å². The van der Waals surface area contributed by atoms with E-state index in [2.05, 4.69) is 28.1 Å². The van der Waals surface area contributed by atoms with Crippen molar-refractivity contribution in [2.24, 2.45) is 0 Å². The van der Waals surface area contributed by atoms with Crippen molar-refractivity contribution < 1.29 is 12.8 Å². The molecule has 0 aliphatic carbocycles. The summed E-state index contributed by atoms with van der Waals surface area (Å²) in [6.45, 7) is 7.48. The van der Waals surface area contributed by atoms with E-state index in [1.165, 1.54) is 9.99 Å². The van der Waals surface area contributed by atoms with Crippen molar-refractivity contribution in [3.8, 4) is 17.5 Å². The van der Waals surface area contributed by atoms with Crippen molar-refractivity contribution in [3.63, 3.8) is 0 Å². The summed E-state index contributed by atoms with van der Waals surface area (Å²) in [7, 11) is -3.54. The Labute approximate surface area is 194 Å². The normalized spacial score (nSPS) is 14.5. The summed E-state index contributed by atoms with van der Waals surface area (Å²) in [6, 6.07) is 18.8. The molecular weight excluding hydrogens is 438 g/mol. The fourth-order valence-electron chi connectivity index (χ4n) is 4.01. The summed E-state index contributed by atoms with van der Waals surface area (Å²) < 4.78 is 32.8. The van der Waals surface area contributed by atoms with Crippen LogP contribution in [0.1, 0.15) is 19.5 Å². The lowest BCUT2D eigenvalue weighted by molar-refractivity contribution is 0.445. The van der Waals surface area contributed by atoms with Crippen LogP contribution in [0.4, 0.5) is 11.6 Å². The largest absolute Gasteiger partial charge is 0.419 e. The second kappa shape index (κ2) is 9.65. The molecule has 2 heterocycles. The van der Waals surface area contributed by atoms with E-state index in [1.807, 2.05) is 36.9 Å². The minimum atomic E-state index is -3.54. The molecule has 0 saturated carbocycles. The minimum Gasteiger partial charge on any atom is -0.419 e. The summed E-state index contributed by atoms with van der Waals surface area (Å²) in [6.07, 6.45) is 0. The molecule has 9 heteroatoms. The van der Waals surface area contributed by atoms with Gasteiger partial charge in [-0.15, -0.1) is 0 Å². The Morgan fingerprint density at radius 1 is 0.970 bits per heavy atom. The topological polar surface area (TPSA) is 93.7 Å². The Balaban J connectivity index is 1.52. The van der Waals surface area contributed by atoms with Crippen LogP contribution in [-0.4, -0.2) is 57.0 Å². The highest BCUT2D eigenvalue weighted by Gasteiger charge is 2.26. The smallest absolute Gasteiger partial charge is 0.243 e. The molecule has 0 amide bonds. The van der Waals surface area contributed by atoms with Gasteiger partial charge in [0.05, 0.1) is 4.90 Å². The van der Waals surface area contributed by atoms with E-state index in [0.717, 1.165) is 13.1 Å². The predicted octanol–water partition coefficient (Wildman–Crippen LogP) is 3.57. The third-order valence-electron chi connectivity index (χ3n) is 5.85. The van der Waals surface area contributed by atoms with Gasteiger partial charge in [-0.05, 0) is 36.4 Å². The van der Waals surface area contributed by atoms with Gasteiger partial charge in [0.25, 0.3) is 0 Å². The second-order valence-electron chi connectivity index (χ2n) is 7.71. The lowest BCUT2D eigenvalue weighted by Gasteiger charge is -2.35. The predicted molar refractivity (Wildman–Crippen MR) is 128 cm³/mol. The molecule has 1 saturated heterocycles. The molecule has 1 aliphatic heterocycles. The third kappa shape index (κ3) is 4.58. The van der Waals surface area contributed by atoms with Crippen molar-refractivity contribution >= 4 is 21.6 Å². The number of rotatable bonds is 7. The van der Waals surface area contributed by atoms with Crippen LogP contribution >= 0.6 is 0 Å². The molecule has 0 atom stereocenters. The molecule has 172 valence electrons. The van der Waals surface area contributed by atoms with Crippen LogP contribution in [0.15, 0.2) is 63.9 Å². The maximum atomic E-state index is 12.7. The number of sulfonamides is 1. The maximum absolute atomic E-state index is 12.7. The number of piperazine rings is 1. The fraction of sp³-hybridized carbons (Fsp3) is 0.333. The highest BCUT2D eigenvalue weighted by atomic mass is 32.2. The summed E-state index contributed by atoms with van der Waals surface area (Å²) >= 11 is 0. The van der Waals surface area contributed by atoms with E-state index in [0.29, 0.717) is 43.5 Å². The van der Waals surface area contributed by atoms with Crippen LogP contribution in [0.2, 0.25) is 0 Å². The first kappa shape index (κ1) is 22.8. The quantitative estimate of drug-likeness (QED) is 0.526. The number of benzene rings is 2. The zero-order chi connectivity index (χ0) is 23.4. The van der Waals surface area contributed by atoms with Crippen molar-refractivity contribution in [2.45, 2.75) is 18.7 Å². The molecule has 3 aromatic rings. The fourth-order valence-corrected chi connectivity index (χ4v) is 5.47. The van der Waals surface area contributed by atoms with Gasteiger partial charge in [-0.3, -0.25) is 0 Å². The van der Waals surface area contributed by atoms with Gasteiger partial charge in [-0.1, -0.05) is 32.0 Å². The van der Waals surface area contributed by atoms with Crippen molar-refractivity contribution in [1.82, 2.24) is 9.29 Å². The summed E-state index contributed by atoms with van der Waals surface area (Å²) in [5.41, 5.74) is 2.04. The van der Waals surface area contributed by atoms with E-state index in [1.54, 1.807) is 24.3 Å². The minimum absolute atomic E-state index is 0.222. The van der Waals surface area contributed by atoms with Crippen LogP contribution in [0.25, 0.3) is 11.5 Å². The first-order valence-corrected chi connectivity index (χ1v) is 12.5. The summed E-state index contributed by atoms with van der Waals surface area (Å²) in [4.78, 5) is 8.93. The van der Waals surface area contributed by atoms with Gasteiger partial charge in [0.1, 0.15) is 6.07 Å². The number of para-hydroxylation sites is 1. The molecule has 0 spiro atoms. The Kier molecular flexibility index (Phi) is 6.67. The molecule has 0 unspecified atom stereocenters. The molecule has 4 rings (SSSR count). The van der Waals surface area contributed by atoms with E-state index < -0.39 is 10.0 Å². The first-order chi connectivity index (χ1) is 16.0. The number of aromatic nitrogens is 1. The number of anilines is 2. The molecule has 0 radical (unpaired) electrons. The standard InChI is InChI=1S/C24H27N5O3S/c1-3-29(4-2)33(30,31)21-12-10-19(11-13-21)23-26-22(18-25)24(32-23)28-16-14-27(15-17-28)20-8-6-5-7-9-20/h5-13H,3-4,14-17H2,1-2H3. The molecule has 1 aromatic heterocycles.